The molecule has 0 bridgehead atoms. The predicted octanol–water partition coefficient (Wildman–Crippen LogP) is 2.36. The lowest BCUT2D eigenvalue weighted by Gasteiger charge is -2.38. The van der Waals surface area contributed by atoms with Crippen LogP contribution in [0.5, 0.6) is 0 Å². The Balaban J connectivity index is 1.21. The molecular formula is C25H34F2N4O3. The van der Waals surface area contributed by atoms with E-state index >= 15 is 0 Å². The van der Waals surface area contributed by atoms with Crippen molar-refractivity contribution in [3.63, 3.8) is 0 Å². The van der Waals surface area contributed by atoms with E-state index in [0.29, 0.717) is 64.7 Å². The highest BCUT2D eigenvalue weighted by Crippen LogP contribution is 2.23. The number of nitrogens with zero attached hydrogens (tertiary/aromatic N) is 4. The second-order valence-electron chi connectivity index (χ2n) is 9.59. The van der Waals surface area contributed by atoms with Crippen molar-refractivity contribution < 1.29 is 23.2 Å². The van der Waals surface area contributed by atoms with Gasteiger partial charge >= 0.3 is 0 Å². The van der Waals surface area contributed by atoms with E-state index in [1.807, 2.05) is 9.80 Å². The van der Waals surface area contributed by atoms with E-state index in [4.69, 9.17) is 0 Å². The molecule has 0 atom stereocenters. The van der Waals surface area contributed by atoms with Gasteiger partial charge in [-0.1, -0.05) is 12.8 Å². The number of rotatable bonds is 4. The molecule has 3 fully saturated rings. The first kappa shape index (κ1) is 24.6. The molecular weight excluding hydrogens is 442 g/mol. The van der Waals surface area contributed by atoms with Gasteiger partial charge in [-0.3, -0.25) is 19.3 Å². The number of carbonyl (C=O) groups is 3. The summed E-state index contributed by atoms with van der Waals surface area (Å²) < 4.78 is 27.1. The van der Waals surface area contributed by atoms with Crippen molar-refractivity contribution >= 4 is 17.7 Å². The van der Waals surface area contributed by atoms with Gasteiger partial charge in [-0.05, 0) is 37.8 Å². The standard InChI is InChI=1S/C25H34F2N4O3/c26-20-5-6-21(22(27)17-20)25(34)30-11-7-19(8-12-30)24(33)31-15-13-28(14-16-31)18-23(32)29-9-3-1-2-4-10-29/h5-6,17,19H,1-4,7-16,18H2. The number of piperidine rings is 1. The van der Waals surface area contributed by atoms with Gasteiger partial charge < -0.3 is 14.7 Å². The molecule has 3 heterocycles. The molecule has 3 aliphatic heterocycles. The summed E-state index contributed by atoms with van der Waals surface area (Å²) in [5.41, 5.74) is -0.142. The maximum atomic E-state index is 14.0. The van der Waals surface area contributed by atoms with Crippen LogP contribution in [0.2, 0.25) is 0 Å². The lowest BCUT2D eigenvalue weighted by Crippen LogP contribution is -2.53. The molecule has 0 aromatic heterocycles. The van der Waals surface area contributed by atoms with Crippen molar-refractivity contribution in [3.8, 4) is 0 Å². The van der Waals surface area contributed by atoms with Crippen molar-refractivity contribution in [2.45, 2.75) is 38.5 Å². The van der Waals surface area contributed by atoms with Crippen LogP contribution >= 0.6 is 0 Å². The summed E-state index contributed by atoms with van der Waals surface area (Å²) in [5.74, 6) is -1.92. The zero-order valence-electron chi connectivity index (χ0n) is 19.7. The number of hydrogen-bond acceptors (Lipinski definition) is 4. The average molecular weight is 477 g/mol. The quantitative estimate of drug-likeness (QED) is 0.670. The number of piperazine rings is 1. The zero-order valence-corrected chi connectivity index (χ0v) is 19.7. The Morgan fingerprint density at radius 1 is 0.765 bits per heavy atom. The highest BCUT2D eigenvalue weighted by Gasteiger charge is 2.33. The van der Waals surface area contributed by atoms with Crippen molar-refractivity contribution in [2.24, 2.45) is 5.92 Å². The molecule has 34 heavy (non-hydrogen) atoms. The molecule has 0 aliphatic carbocycles. The molecule has 0 saturated carbocycles. The lowest BCUT2D eigenvalue weighted by atomic mass is 9.94. The van der Waals surface area contributed by atoms with E-state index in [-0.39, 0.29) is 23.3 Å². The Hall–Kier alpha value is -2.55. The number of likely N-dealkylation sites (tertiary alicyclic amines) is 2. The monoisotopic (exact) mass is 476 g/mol. The maximum Gasteiger partial charge on any atom is 0.256 e. The molecule has 0 radical (unpaired) electrons. The first-order valence-electron chi connectivity index (χ1n) is 12.5. The van der Waals surface area contributed by atoms with Crippen molar-refractivity contribution in [3.05, 3.63) is 35.4 Å². The fraction of sp³-hybridized carbons (Fsp3) is 0.640. The third kappa shape index (κ3) is 5.92. The minimum atomic E-state index is -0.865. The molecule has 1 aromatic carbocycles. The van der Waals surface area contributed by atoms with Crippen LogP contribution in [0.3, 0.4) is 0 Å². The van der Waals surface area contributed by atoms with Gasteiger partial charge in [0.25, 0.3) is 5.91 Å². The van der Waals surface area contributed by atoms with E-state index in [1.165, 1.54) is 23.8 Å². The summed E-state index contributed by atoms with van der Waals surface area (Å²) in [7, 11) is 0. The number of amides is 3. The molecule has 3 amide bonds. The van der Waals surface area contributed by atoms with E-state index in [1.54, 1.807) is 0 Å². The summed E-state index contributed by atoms with van der Waals surface area (Å²) in [4.78, 5) is 45.8. The molecule has 0 N–H and O–H groups in total. The van der Waals surface area contributed by atoms with E-state index in [9.17, 15) is 23.2 Å². The van der Waals surface area contributed by atoms with Gasteiger partial charge in [0.1, 0.15) is 11.6 Å². The number of halogens is 2. The van der Waals surface area contributed by atoms with Gasteiger partial charge in [-0.15, -0.1) is 0 Å². The van der Waals surface area contributed by atoms with Crippen molar-refractivity contribution in [1.82, 2.24) is 19.6 Å². The van der Waals surface area contributed by atoms with Crippen LogP contribution in [0.4, 0.5) is 8.78 Å². The molecule has 3 aliphatic rings. The van der Waals surface area contributed by atoms with Crippen LogP contribution in [0.25, 0.3) is 0 Å². The predicted molar refractivity (Wildman–Crippen MR) is 123 cm³/mol. The van der Waals surface area contributed by atoms with Gasteiger partial charge in [-0.2, -0.15) is 0 Å². The van der Waals surface area contributed by atoms with Gasteiger partial charge in [0.15, 0.2) is 0 Å². The highest BCUT2D eigenvalue weighted by molar-refractivity contribution is 5.94. The Morgan fingerprint density at radius 3 is 2.03 bits per heavy atom. The van der Waals surface area contributed by atoms with E-state index < -0.39 is 17.5 Å². The van der Waals surface area contributed by atoms with Gasteiger partial charge in [0, 0.05) is 64.3 Å². The molecule has 1 aromatic rings. The fourth-order valence-corrected chi connectivity index (χ4v) is 5.16. The van der Waals surface area contributed by atoms with Crippen LogP contribution in [-0.2, 0) is 9.59 Å². The third-order valence-corrected chi connectivity index (χ3v) is 7.29. The third-order valence-electron chi connectivity index (χ3n) is 7.29. The van der Waals surface area contributed by atoms with E-state index in [2.05, 4.69) is 4.90 Å². The van der Waals surface area contributed by atoms with Crippen LogP contribution < -0.4 is 0 Å². The second-order valence-corrected chi connectivity index (χ2v) is 9.59. The molecule has 9 heteroatoms. The largest absolute Gasteiger partial charge is 0.342 e. The Labute approximate surface area is 199 Å². The summed E-state index contributed by atoms with van der Waals surface area (Å²) in [5, 5.41) is 0. The average Bonchev–Trinajstić information content (AvgIpc) is 3.14. The molecule has 7 nitrogen and oxygen atoms in total. The van der Waals surface area contributed by atoms with Crippen molar-refractivity contribution in [2.75, 3.05) is 58.9 Å². The van der Waals surface area contributed by atoms with Gasteiger partial charge in [-0.25, -0.2) is 8.78 Å². The fourth-order valence-electron chi connectivity index (χ4n) is 5.16. The lowest BCUT2D eigenvalue weighted by molar-refractivity contribution is -0.139. The smallest absolute Gasteiger partial charge is 0.256 e. The number of carbonyl (C=O) groups excluding carboxylic acids is 3. The number of hydrogen-bond donors (Lipinski definition) is 0. The van der Waals surface area contributed by atoms with Crippen LogP contribution in [0, 0.1) is 17.6 Å². The summed E-state index contributed by atoms with van der Waals surface area (Å²) in [6.07, 6.45) is 5.61. The van der Waals surface area contributed by atoms with Crippen LogP contribution in [0.15, 0.2) is 18.2 Å². The maximum absolute atomic E-state index is 14.0. The van der Waals surface area contributed by atoms with E-state index in [0.717, 1.165) is 32.0 Å². The summed E-state index contributed by atoms with van der Waals surface area (Å²) in [6, 6.07) is 2.96. The topological polar surface area (TPSA) is 64.2 Å². The zero-order chi connectivity index (χ0) is 24.1. The van der Waals surface area contributed by atoms with Crippen molar-refractivity contribution in [1.29, 1.82) is 0 Å². The molecule has 0 spiro atoms. The number of benzene rings is 1. The van der Waals surface area contributed by atoms with Gasteiger partial charge in [0.05, 0.1) is 12.1 Å². The summed E-state index contributed by atoms with van der Waals surface area (Å²) in [6.45, 7) is 5.45. The molecule has 4 rings (SSSR count). The molecule has 3 saturated heterocycles. The second kappa shape index (κ2) is 11.3. The Bertz CT molecular complexity index is 888. The van der Waals surface area contributed by atoms with Gasteiger partial charge in [0.2, 0.25) is 11.8 Å². The normalized spacial score (nSPS) is 20.8. The minimum absolute atomic E-state index is 0.0959. The SMILES string of the molecule is O=C(CN1CCN(C(=O)C2CCN(C(=O)c3ccc(F)cc3F)CC2)CC1)N1CCCCCC1. The highest BCUT2D eigenvalue weighted by atomic mass is 19.1. The Morgan fingerprint density at radius 2 is 1.41 bits per heavy atom. The first-order valence-corrected chi connectivity index (χ1v) is 12.5. The first-order chi connectivity index (χ1) is 16.4. The summed E-state index contributed by atoms with van der Waals surface area (Å²) >= 11 is 0. The Kier molecular flexibility index (Phi) is 8.13. The van der Waals surface area contributed by atoms with Crippen LogP contribution in [0.1, 0.15) is 48.9 Å². The molecule has 0 unspecified atom stereocenters. The minimum Gasteiger partial charge on any atom is -0.342 e. The van der Waals surface area contributed by atoms with Crippen LogP contribution in [-0.4, -0.2) is 96.2 Å². The molecule has 186 valence electrons.